The number of hydrogen-bond acceptors (Lipinski definition) is 6. The van der Waals surface area contributed by atoms with Crippen LogP contribution in [0, 0.1) is 0 Å². The number of para-hydroxylation sites is 1. The van der Waals surface area contributed by atoms with E-state index in [1.807, 2.05) is 18.2 Å². The van der Waals surface area contributed by atoms with Crippen molar-refractivity contribution >= 4 is 10.0 Å². The Labute approximate surface area is 123 Å². The molecule has 0 aliphatic carbocycles. The Morgan fingerprint density at radius 3 is 2.81 bits per heavy atom. The molecular weight excluding hydrogens is 294 g/mol. The first kappa shape index (κ1) is 15.5. The Balaban J connectivity index is 2.05. The molecule has 0 atom stereocenters. The Morgan fingerprint density at radius 2 is 2.10 bits per heavy atom. The minimum atomic E-state index is -3.21. The van der Waals surface area contributed by atoms with Gasteiger partial charge in [0.25, 0.3) is 0 Å². The van der Waals surface area contributed by atoms with Crippen LogP contribution in [0.4, 0.5) is 0 Å². The van der Waals surface area contributed by atoms with Crippen molar-refractivity contribution in [2.75, 3.05) is 19.4 Å². The van der Waals surface area contributed by atoms with Gasteiger partial charge in [-0.05, 0) is 19.1 Å². The molecule has 114 valence electrons. The third-order valence-corrected chi connectivity index (χ3v) is 4.26. The number of hydrogen-bond donors (Lipinski definition) is 1. The molecule has 0 unspecified atom stereocenters. The fraction of sp³-hybridized carbons (Fsp3) is 0.385. The largest absolute Gasteiger partial charge is 0.496 e. The Kier molecular flexibility index (Phi) is 4.92. The van der Waals surface area contributed by atoms with Crippen LogP contribution < -0.4 is 9.46 Å². The van der Waals surface area contributed by atoms with E-state index < -0.39 is 10.0 Å². The van der Waals surface area contributed by atoms with E-state index in [1.165, 1.54) is 0 Å². The van der Waals surface area contributed by atoms with Crippen LogP contribution in [0.3, 0.4) is 0 Å². The first-order chi connectivity index (χ1) is 10.1. The van der Waals surface area contributed by atoms with E-state index in [9.17, 15) is 8.42 Å². The molecule has 0 aliphatic rings. The van der Waals surface area contributed by atoms with Crippen LogP contribution >= 0.6 is 0 Å². The molecule has 8 heteroatoms. The molecule has 1 aromatic carbocycles. The van der Waals surface area contributed by atoms with E-state index in [1.54, 1.807) is 20.1 Å². The summed E-state index contributed by atoms with van der Waals surface area (Å²) >= 11 is 0. The molecular formula is C13H17N3O4S. The van der Waals surface area contributed by atoms with Crippen molar-refractivity contribution in [3.8, 4) is 17.1 Å². The fourth-order valence-electron chi connectivity index (χ4n) is 1.71. The molecule has 2 rings (SSSR count). The minimum absolute atomic E-state index is 0.0449. The molecule has 21 heavy (non-hydrogen) atoms. The molecule has 0 bridgehead atoms. The molecule has 0 amide bonds. The summed E-state index contributed by atoms with van der Waals surface area (Å²) in [6.07, 6.45) is 0.335. The number of ether oxygens (including phenoxy) is 1. The van der Waals surface area contributed by atoms with Crippen LogP contribution in [0.5, 0.6) is 5.75 Å². The van der Waals surface area contributed by atoms with E-state index in [-0.39, 0.29) is 12.3 Å². The summed E-state index contributed by atoms with van der Waals surface area (Å²) in [4.78, 5) is 4.24. The minimum Gasteiger partial charge on any atom is -0.496 e. The number of sulfonamides is 1. The summed E-state index contributed by atoms with van der Waals surface area (Å²) in [5.74, 6) is 1.48. The van der Waals surface area contributed by atoms with Gasteiger partial charge in [-0.2, -0.15) is 4.98 Å². The predicted molar refractivity (Wildman–Crippen MR) is 77.5 cm³/mol. The standard InChI is InChI=1S/C13H17N3O4S/c1-3-21(17,18)14-9-8-12-15-13(16-20-12)10-6-4-5-7-11(10)19-2/h4-7,14H,3,8-9H2,1-2H3. The lowest BCUT2D eigenvalue weighted by atomic mass is 10.2. The normalized spacial score (nSPS) is 11.5. The SMILES string of the molecule is CCS(=O)(=O)NCCc1nc(-c2ccccc2OC)no1. The molecule has 1 heterocycles. The third-order valence-electron chi connectivity index (χ3n) is 2.86. The van der Waals surface area contributed by atoms with Gasteiger partial charge in [0.05, 0.1) is 18.4 Å². The average Bonchev–Trinajstić information content (AvgIpc) is 2.95. The zero-order valence-electron chi connectivity index (χ0n) is 11.9. The maximum atomic E-state index is 11.3. The molecule has 0 fully saturated rings. The molecule has 0 aliphatic heterocycles. The van der Waals surface area contributed by atoms with Crippen LogP contribution in [0.2, 0.25) is 0 Å². The van der Waals surface area contributed by atoms with Crippen LogP contribution in [-0.4, -0.2) is 38.0 Å². The van der Waals surface area contributed by atoms with E-state index in [2.05, 4.69) is 14.9 Å². The first-order valence-electron chi connectivity index (χ1n) is 6.49. The molecule has 1 N–H and O–H groups in total. The summed E-state index contributed by atoms with van der Waals surface area (Å²) in [6, 6.07) is 7.33. The topological polar surface area (TPSA) is 94.3 Å². The highest BCUT2D eigenvalue weighted by Crippen LogP contribution is 2.26. The van der Waals surface area contributed by atoms with Gasteiger partial charge in [0, 0.05) is 13.0 Å². The van der Waals surface area contributed by atoms with Crippen molar-refractivity contribution in [2.24, 2.45) is 0 Å². The van der Waals surface area contributed by atoms with Crippen LogP contribution in [0.25, 0.3) is 11.4 Å². The Bertz CT molecular complexity index is 697. The van der Waals surface area contributed by atoms with E-state index in [0.717, 1.165) is 5.56 Å². The summed E-state index contributed by atoms with van der Waals surface area (Å²) in [6.45, 7) is 1.80. The number of nitrogens with zero attached hydrogens (tertiary/aromatic N) is 2. The van der Waals surface area contributed by atoms with Gasteiger partial charge in [0.1, 0.15) is 5.75 Å². The number of rotatable bonds is 7. The van der Waals surface area contributed by atoms with Crippen LogP contribution in [-0.2, 0) is 16.4 Å². The van der Waals surface area contributed by atoms with Gasteiger partial charge >= 0.3 is 0 Å². The summed E-state index contributed by atoms with van der Waals surface area (Å²) in [7, 11) is -1.64. The van der Waals surface area contributed by atoms with Gasteiger partial charge in [-0.25, -0.2) is 13.1 Å². The lowest BCUT2D eigenvalue weighted by molar-refractivity contribution is 0.378. The zero-order chi connectivity index (χ0) is 15.3. The zero-order valence-corrected chi connectivity index (χ0v) is 12.7. The molecule has 0 saturated heterocycles. The van der Waals surface area contributed by atoms with Crippen molar-refractivity contribution in [2.45, 2.75) is 13.3 Å². The predicted octanol–water partition coefficient (Wildman–Crippen LogP) is 1.23. The van der Waals surface area contributed by atoms with E-state index in [4.69, 9.17) is 9.26 Å². The molecule has 0 radical (unpaired) electrons. The highest BCUT2D eigenvalue weighted by molar-refractivity contribution is 7.89. The molecule has 2 aromatic rings. The lowest BCUT2D eigenvalue weighted by Crippen LogP contribution is -2.27. The summed E-state index contributed by atoms with van der Waals surface area (Å²) in [5, 5.41) is 3.89. The maximum absolute atomic E-state index is 11.3. The molecule has 1 aromatic heterocycles. The van der Waals surface area contributed by atoms with E-state index >= 15 is 0 Å². The van der Waals surface area contributed by atoms with Crippen molar-refractivity contribution in [3.05, 3.63) is 30.2 Å². The van der Waals surface area contributed by atoms with Crippen LogP contribution in [0.1, 0.15) is 12.8 Å². The van der Waals surface area contributed by atoms with Gasteiger partial charge in [-0.1, -0.05) is 17.3 Å². The third kappa shape index (κ3) is 4.02. The van der Waals surface area contributed by atoms with Gasteiger partial charge in [-0.15, -0.1) is 0 Å². The number of benzene rings is 1. The fourth-order valence-corrected chi connectivity index (χ4v) is 2.33. The summed E-state index contributed by atoms with van der Waals surface area (Å²) in [5.41, 5.74) is 0.726. The summed E-state index contributed by atoms with van der Waals surface area (Å²) < 4.78 is 35.4. The highest BCUT2D eigenvalue weighted by atomic mass is 32.2. The second-order valence-electron chi connectivity index (χ2n) is 4.26. The Hall–Kier alpha value is -1.93. The monoisotopic (exact) mass is 311 g/mol. The molecule has 0 saturated carbocycles. The number of methoxy groups -OCH3 is 1. The van der Waals surface area contributed by atoms with Gasteiger partial charge in [0.15, 0.2) is 0 Å². The first-order valence-corrected chi connectivity index (χ1v) is 8.14. The number of aromatic nitrogens is 2. The van der Waals surface area contributed by atoms with Crippen molar-refractivity contribution in [1.82, 2.24) is 14.9 Å². The van der Waals surface area contributed by atoms with Gasteiger partial charge in [-0.3, -0.25) is 0 Å². The second kappa shape index (κ2) is 6.68. The number of nitrogens with one attached hydrogen (secondary N) is 1. The lowest BCUT2D eigenvalue weighted by Gasteiger charge is -2.03. The second-order valence-corrected chi connectivity index (χ2v) is 6.36. The maximum Gasteiger partial charge on any atom is 0.228 e. The molecule has 0 spiro atoms. The van der Waals surface area contributed by atoms with E-state index in [0.29, 0.717) is 23.9 Å². The Morgan fingerprint density at radius 1 is 1.33 bits per heavy atom. The van der Waals surface area contributed by atoms with Crippen molar-refractivity contribution < 1.29 is 17.7 Å². The van der Waals surface area contributed by atoms with Gasteiger partial charge < -0.3 is 9.26 Å². The van der Waals surface area contributed by atoms with Crippen LogP contribution in [0.15, 0.2) is 28.8 Å². The van der Waals surface area contributed by atoms with Crippen molar-refractivity contribution in [3.63, 3.8) is 0 Å². The van der Waals surface area contributed by atoms with Crippen molar-refractivity contribution in [1.29, 1.82) is 0 Å². The highest BCUT2D eigenvalue weighted by Gasteiger charge is 2.13. The van der Waals surface area contributed by atoms with Gasteiger partial charge in [0.2, 0.25) is 21.7 Å². The molecule has 7 nitrogen and oxygen atoms in total. The average molecular weight is 311 g/mol. The smallest absolute Gasteiger partial charge is 0.228 e. The quantitative estimate of drug-likeness (QED) is 0.826.